The largest absolute Gasteiger partial charge is 2.00 e. The first kappa shape index (κ1) is 22.4. The molecule has 8 heavy (non-hydrogen) atoms. The summed E-state index contributed by atoms with van der Waals surface area (Å²) in [6.07, 6.45) is 0. The normalized spacial score (nSPS) is 7.38. The molecule has 0 saturated carbocycles. The Labute approximate surface area is 109 Å². The fraction of sp³-hybridized carbons (Fsp3) is 0. The minimum absolute atomic E-state index is 0. The predicted octanol–water partition coefficient (Wildman–Crippen LogP) is -6.20. The van der Waals surface area contributed by atoms with E-state index in [4.69, 9.17) is 19.2 Å². The molecule has 0 saturated heterocycles. The van der Waals surface area contributed by atoms with Crippen molar-refractivity contribution in [1.82, 2.24) is 0 Å². The standard InChI is InChI=1S/Ca.Cu.Na.H3O4P/c;;;1-5(2,3)4/h;;;(H3,1,2,3,4)/q2*+2;+1;/p-3. The molecular weight excluding hydrogens is 222 g/mol. The van der Waals surface area contributed by atoms with Crippen molar-refractivity contribution in [3.05, 3.63) is 0 Å². The van der Waals surface area contributed by atoms with Crippen LogP contribution >= 0.6 is 7.82 Å². The summed E-state index contributed by atoms with van der Waals surface area (Å²) in [6.45, 7) is 0. The smallest absolute Gasteiger partial charge is 0.822 e. The van der Waals surface area contributed by atoms with Crippen LogP contribution in [0.4, 0.5) is 0 Å². The zero-order chi connectivity index (χ0) is 4.50. The van der Waals surface area contributed by atoms with Gasteiger partial charge in [0.15, 0.2) is 0 Å². The molecule has 0 spiro atoms. The van der Waals surface area contributed by atoms with Gasteiger partial charge < -0.3 is 19.2 Å². The van der Waals surface area contributed by atoms with E-state index in [-0.39, 0.29) is 84.4 Å². The maximum absolute atomic E-state index is 8.55. The van der Waals surface area contributed by atoms with E-state index in [1.54, 1.807) is 0 Å². The Bertz CT molecular complexity index is 62.2. The van der Waals surface area contributed by atoms with Gasteiger partial charge in [0.1, 0.15) is 0 Å². The van der Waals surface area contributed by atoms with Gasteiger partial charge in [-0.2, -0.15) is 7.82 Å². The van der Waals surface area contributed by atoms with Crippen LogP contribution in [0.5, 0.6) is 0 Å². The van der Waals surface area contributed by atoms with Gasteiger partial charge in [-0.05, 0) is 0 Å². The first-order valence-corrected chi connectivity index (χ1v) is 2.19. The third-order valence-electron chi connectivity index (χ3n) is 0. The maximum Gasteiger partial charge on any atom is 2.00 e. The monoisotopic (exact) mass is 221 g/mol. The van der Waals surface area contributed by atoms with Gasteiger partial charge in [0.05, 0.1) is 0 Å². The minimum Gasteiger partial charge on any atom is -0.822 e. The maximum atomic E-state index is 8.55. The van der Waals surface area contributed by atoms with E-state index in [1.165, 1.54) is 0 Å². The Hall–Kier alpha value is 2.89. The van der Waals surface area contributed by atoms with Gasteiger partial charge in [-0.1, -0.05) is 0 Å². The summed E-state index contributed by atoms with van der Waals surface area (Å²) >= 11 is 0. The molecule has 0 aromatic heterocycles. The van der Waals surface area contributed by atoms with Crippen LogP contribution in [0.2, 0.25) is 0 Å². The molecule has 41 valence electrons. The molecule has 0 N–H and O–H groups in total. The second-order valence-electron chi connectivity index (χ2n) is 0.447. The second-order valence-corrected chi connectivity index (χ2v) is 1.34. The second kappa shape index (κ2) is 9.89. The first-order valence-electron chi connectivity index (χ1n) is 0.730. The number of phosphoric acid groups is 1. The van der Waals surface area contributed by atoms with Gasteiger partial charge in [0, 0.05) is 0 Å². The molecule has 0 rings (SSSR count). The molecule has 0 atom stereocenters. The van der Waals surface area contributed by atoms with Crippen LogP contribution in [0.3, 0.4) is 0 Å². The molecule has 0 amide bonds. The molecule has 0 heterocycles. The van der Waals surface area contributed by atoms with Crippen molar-refractivity contribution in [2.45, 2.75) is 0 Å². The van der Waals surface area contributed by atoms with Crippen LogP contribution in [0.1, 0.15) is 0 Å². The molecule has 0 aliphatic rings. The minimum atomic E-state index is -5.39. The zero-order valence-corrected chi connectivity index (χ0v) is 10.1. The number of hydrogen-bond acceptors (Lipinski definition) is 4. The molecule has 0 aliphatic heterocycles. The van der Waals surface area contributed by atoms with Gasteiger partial charge in [0.2, 0.25) is 0 Å². The zero-order valence-electron chi connectivity index (χ0n) is 4.09. The first-order chi connectivity index (χ1) is 2.00. The molecule has 1 radical (unpaired) electrons. The van der Waals surface area contributed by atoms with Crippen molar-refractivity contribution in [3.8, 4) is 0 Å². The summed E-state index contributed by atoms with van der Waals surface area (Å²) in [5.41, 5.74) is 0. The molecule has 0 aromatic rings. The van der Waals surface area contributed by atoms with Crippen molar-refractivity contribution < 1.29 is 65.9 Å². The quantitative estimate of drug-likeness (QED) is 0.301. The molecule has 4 nitrogen and oxygen atoms in total. The van der Waals surface area contributed by atoms with Crippen LogP contribution < -0.4 is 44.2 Å². The van der Waals surface area contributed by atoms with Crippen molar-refractivity contribution in [3.63, 3.8) is 0 Å². The van der Waals surface area contributed by atoms with E-state index in [2.05, 4.69) is 0 Å². The summed E-state index contributed by atoms with van der Waals surface area (Å²) < 4.78 is 8.55. The molecular formula is CaCuNaO4P+2. The fourth-order valence-corrected chi connectivity index (χ4v) is 0. The van der Waals surface area contributed by atoms with E-state index in [9.17, 15) is 0 Å². The Balaban J connectivity index is -0.0000000267. The average Bonchev–Trinajstić information content (AvgIpc) is 0.722. The van der Waals surface area contributed by atoms with Crippen molar-refractivity contribution in [2.75, 3.05) is 0 Å². The summed E-state index contributed by atoms with van der Waals surface area (Å²) in [5.74, 6) is 0. The molecule has 8 heteroatoms. The van der Waals surface area contributed by atoms with Crippen LogP contribution in [0, 0.1) is 0 Å². The van der Waals surface area contributed by atoms with Crippen LogP contribution in [0.25, 0.3) is 0 Å². The van der Waals surface area contributed by atoms with E-state index in [0.717, 1.165) is 0 Å². The Kier molecular flexibility index (Phi) is 27.7. The number of rotatable bonds is 0. The van der Waals surface area contributed by atoms with Gasteiger partial charge in [-0.15, -0.1) is 0 Å². The fourth-order valence-electron chi connectivity index (χ4n) is 0. The molecule has 0 fully saturated rings. The van der Waals surface area contributed by atoms with Gasteiger partial charge in [-0.25, -0.2) is 0 Å². The summed E-state index contributed by atoms with van der Waals surface area (Å²) in [6, 6.07) is 0. The Morgan fingerprint density at radius 2 is 1.12 bits per heavy atom. The average molecular weight is 222 g/mol. The van der Waals surface area contributed by atoms with Crippen molar-refractivity contribution >= 4 is 45.6 Å². The molecule has 0 aliphatic carbocycles. The van der Waals surface area contributed by atoms with E-state index in [1.807, 2.05) is 0 Å². The Morgan fingerprint density at radius 3 is 1.12 bits per heavy atom. The summed E-state index contributed by atoms with van der Waals surface area (Å²) in [7, 11) is -5.39. The number of hydrogen-bond donors (Lipinski definition) is 0. The van der Waals surface area contributed by atoms with E-state index in [0.29, 0.717) is 0 Å². The molecule has 0 aromatic carbocycles. The summed E-state index contributed by atoms with van der Waals surface area (Å²) in [5, 5.41) is 0. The van der Waals surface area contributed by atoms with Crippen molar-refractivity contribution in [2.24, 2.45) is 0 Å². The van der Waals surface area contributed by atoms with E-state index >= 15 is 0 Å². The predicted molar refractivity (Wildman–Crippen MR) is 13.4 cm³/mol. The Morgan fingerprint density at radius 1 is 1.12 bits per heavy atom. The molecule has 0 bridgehead atoms. The van der Waals surface area contributed by atoms with Gasteiger partial charge in [0.25, 0.3) is 0 Å². The van der Waals surface area contributed by atoms with Crippen LogP contribution in [-0.2, 0) is 21.6 Å². The SMILES string of the molecule is O=P([O-])([O-])[O-].[Ca+2].[Cu+2].[Na+]. The van der Waals surface area contributed by atoms with Crippen molar-refractivity contribution in [1.29, 1.82) is 0 Å². The topological polar surface area (TPSA) is 86.2 Å². The van der Waals surface area contributed by atoms with Crippen LogP contribution in [0.15, 0.2) is 0 Å². The third kappa shape index (κ3) is 66.3. The van der Waals surface area contributed by atoms with Crippen LogP contribution in [-0.4, -0.2) is 37.7 Å². The van der Waals surface area contributed by atoms with Gasteiger partial charge in [-0.3, -0.25) is 0 Å². The molecule has 0 unspecified atom stereocenters. The van der Waals surface area contributed by atoms with Gasteiger partial charge >= 0.3 is 84.4 Å². The van der Waals surface area contributed by atoms with E-state index < -0.39 is 7.82 Å². The third-order valence-corrected chi connectivity index (χ3v) is 0. The summed E-state index contributed by atoms with van der Waals surface area (Å²) in [4.78, 5) is 25.6.